The molecule has 0 radical (unpaired) electrons. The van der Waals surface area contributed by atoms with E-state index in [9.17, 15) is 14.7 Å². The van der Waals surface area contributed by atoms with Crippen LogP contribution in [0.2, 0.25) is 0 Å². The second kappa shape index (κ2) is 5.39. The molecule has 3 nitrogen and oxygen atoms in total. The quantitative estimate of drug-likeness (QED) is 0.790. The summed E-state index contributed by atoms with van der Waals surface area (Å²) in [5.74, 6) is 1.89. The Morgan fingerprint density at radius 3 is 2.68 bits per heavy atom. The second-order valence-electron chi connectivity index (χ2n) is 9.57. The molecule has 1 unspecified atom stereocenters. The summed E-state index contributed by atoms with van der Waals surface area (Å²) in [5, 5.41) is 11.2. The number of ketones is 2. The maximum Gasteiger partial charge on any atom is 0.178 e. The van der Waals surface area contributed by atoms with Crippen LogP contribution >= 0.6 is 0 Å². The molecule has 0 spiro atoms. The summed E-state index contributed by atoms with van der Waals surface area (Å²) in [5.41, 5.74) is 0.897. The Labute approximate surface area is 150 Å². The molecule has 136 valence electrons. The van der Waals surface area contributed by atoms with E-state index in [4.69, 9.17) is 0 Å². The van der Waals surface area contributed by atoms with Gasteiger partial charge in [-0.05, 0) is 67.9 Å². The highest BCUT2D eigenvalue weighted by Gasteiger charge is 2.63. The topological polar surface area (TPSA) is 54.4 Å². The molecule has 4 aliphatic carbocycles. The zero-order valence-corrected chi connectivity index (χ0v) is 15.8. The summed E-state index contributed by atoms with van der Waals surface area (Å²) in [7, 11) is 0. The van der Waals surface area contributed by atoms with Crippen molar-refractivity contribution in [3.8, 4) is 0 Å². The molecule has 0 saturated heterocycles. The third-order valence-electron chi connectivity index (χ3n) is 8.30. The first kappa shape index (κ1) is 17.2. The van der Waals surface area contributed by atoms with Crippen LogP contribution in [0.4, 0.5) is 0 Å². The number of carbonyl (C=O) groups excluding carboxylic acids is 2. The SMILES string of the molecule is CC(=O)[C@H]1CCC2[C@@H]3C[C@H](C)C4=CC(=O)C=C[C@]4(C)[C@H]3[C@@H](O)C[C@@]21C. The normalized spacial score (nSPS) is 51.4. The number of fused-ring (bicyclic) bond motifs is 5. The van der Waals surface area contributed by atoms with E-state index in [-0.39, 0.29) is 34.2 Å². The number of aliphatic hydroxyl groups excluding tert-OH is 1. The van der Waals surface area contributed by atoms with E-state index < -0.39 is 6.10 Å². The fraction of sp³-hybridized carbons (Fsp3) is 0.727. The van der Waals surface area contributed by atoms with Crippen molar-refractivity contribution in [3.05, 3.63) is 23.8 Å². The van der Waals surface area contributed by atoms with Gasteiger partial charge < -0.3 is 5.11 Å². The van der Waals surface area contributed by atoms with Crippen molar-refractivity contribution in [2.75, 3.05) is 0 Å². The molecule has 0 aromatic heterocycles. The van der Waals surface area contributed by atoms with Gasteiger partial charge in [0.1, 0.15) is 5.78 Å². The summed E-state index contributed by atoms with van der Waals surface area (Å²) in [4.78, 5) is 24.2. The van der Waals surface area contributed by atoms with Gasteiger partial charge in [-0.25, -0.2) is 0 Å². The highest BCUT2D eigenvalue weighted by Crippen LogP contribution is 2.66. The number of rotatable bonds is 1. The summed E-state index contributed by atoms with van der Waals surface area (Å²) in [6.07, 6.45) is 8.94. The van der Waals surface area contributed by atoms with E-state index in [0.29, 0.717) is 24.2 Å². The van der Waals surface area contributed by atoms with Crippen LogP contribution in [-0.2, 0) is 9.59 Å². The average Bonchev–Trinajstić information content (AvgIpc) is 2.85. The average molecular weight is 342 g/mol. The Balaban J connectivity index is 1.77. The van der Waals surface area contributed by atoms with Crippen molar-refractivity contribution >= 4 is 11.6 Å². The fourth-order valence-electron chi connectivity index (χ4n) is 7.42. The zero-order valence-electron chi connectivity index (χ0n) is 15.8. The summed E-state index contributed by atoms with van der Waals surface area (Å²) < 4.78 is 0. The Morgan fingerprint density at radius 1 is 1.28 bits per heavy atom. The van der Waals surface area contributed by atoms with Crippen LogP contribution < -0.4 is 0 Å². The maximum absolute atomic E-state index is 12.2. The molecule has 0 bridgehead atoms. The van der Waals surface area contributed by atoms with Gasteiger partial charge in [0.25, 0.3) is 0 Å². The molecule has 0 aliphatic heterocycles. The Morgan fingerprint density at radius 2 is 2.00 bits per heavy atom. The van der Waals surface area contributed by atoms with Crippen molar-refractivity contribution < 1.29 is 14.7 Å². The lowest BCUT2D eigenvalue weighted by atomic mass is 9.45. The summed E-state index contributed by atoms with van der Waals surface area (Å²) in [6, 6.07) is 0. The molecule has 0 heterocycles. The molecule has 0 aromatic carbocycles. The number of Topliss-reactive ketones (excluding diaryl/α,β-unsaturated/α-hetero) is 1. The van der Waals surface area contributed by atoms with Crippen molar-refractivity contribution in [1.29, 1.82) is 0 Å². The number of carbonyl (C=O) groups is 2. The van der Waals surface area contributed by atoms with Crippen LogP contribution in [0.1, 0.15) is 53.4 Å². The van der Waals surface area contributed by atoms with Crippen LogP contribution in [0.25, 0.3) is 0 Å². The molecule has 0 aromatic rings. The first-order valence-electron chi connectivity index (χ1n) is 9.82. The van der Waals surface area contributed by atoms with Gasteiger partial charge in [0.05, 0.1) is 6.10 Å². The number of hydrogen-bond donors (Lipinski definition) is 1. The van der Waals surface area contributed by atoms with E-state index in [1.54, 1.807) is 13.0 Å². The maximum atomic E-state index is 12.2. The lowest BCUT2D eigenvalue weighted by Crippen LogP contribution is -2.57. The first-order valence-corrected chi connectivity index (χ1v) is 9.82. The lowest BCUT2D eigenvalue weighted by Gasteiger charge is -2.60. The van der Waals surface area contributed by atoms with Crippen LogP contribution in [0.3, 0.4) is 0 Å². The smallest absolute Gasteiger partial charge is 0.178 e. The standard InChI is InChI=1S/C22H30O3/c1-12-9-15-17-6-5-16(13(2)23)22(17,4)11-19(25)20(15)21(3)8-7-14(24)10-18(12)21/h7-8,10,12,15-17,19-20,25H,5-6,9,11H2,1-4H3/t12-,15-,16+,17?,19-,20+,21-,22+/m0/s1. The van der Waals surface area contributed by atoms with Crippen molar-refractivity contribution in [1.82, 2.24) is 0 Å². The molecule has 4 rings (SSSR count). The van der Waals surface area contributed by atoms with Crippen molar-refractivity contribution in [3.63, 3.8) is 0 Å². The molecule has 0 amide bonds. The summed E-state index contributed by atoms with van der Waals surface area (Å²) in [6.45, 7) is 8.40. The van der Waals surface area contributed by atoms with E-state index in [0.717, 1.165) is 19.3 Å². The third-order valence-corrected chi connectivity index (χ3v) is 8.30. The van der Waals surface area contributed by atoms with Crippen LogP contribution in [0.15, 0.2) is 23.8 Å². The predicted octanol–water partition coefficient (Wildman–Crippen LogP) is 3.72. The molecule has 3 heteroatoms. The van der Waals surface area contributed by atoms with Crippen molar-refractivity contribution in [2.24, 2.45) is 40.4 Å². The van der Waals surface area contributed by atoms with Crippen LogP contribution in [0.5, 0.6) is 0 Å². The second-order valence-corrected chi connectivity index (χ2v) is 9.57. The molecule has 4 aliphatic rings. The van der Waals surface area contributed by atoms with E-state index >= 15 is 0 Å². The monoisotopic (exact) mass is 342 g/mol. The van der Waals surface area contributed by atoms with Gasteiger partial charge >= 0.3 is 0 Å². The Bertz CT molecular complexity index is 689. The van der Waals surface area contributed by atoms with E-state index in [1.165, 1.54) is 5.57 Å². The highest BCUT2D eigenvalue weighted by molar-refractivity contribution is 6.01. The minimum atomic E-state index is -0.412. The first-order chi connectivity index (χ1) is 11.7. The van der Waals surface area contributed by atoms with Gasteiger partial charge in [-0.3, -0.25) is 9.59 Å². The Hall–Kier alpha value is -1.22. The lowest BCUT2D eigenvalue weighted by molar-refractivity contribution is -0.139. The van der Waals surface area contributed by atoms with Crippen LogP contribution in [0, 0.1) is 40.4 Å². The zero-order chi connectivity index (χ0) is 18.1. The van der Waals surface area contributed by atoms with Gasteiger partial charge in [-0.1, -0.05) is 32.4 Å². The molecule has 1 N–H and O–H groups in total. The third kappa shape index (κ3) is 2.21. The predicted molar refractivity (Wildman–Crippen MR) is 96.7 cm³/mol. The molecule has 25 heavy (non-hydrogen) atoms. The number of hydrogen-bond acceptors (Lipinski definition) is 3. The minimum absolute atomic E-state index is 0.0715. The van der Waals surface area contributed by atoms with Gasteiger partial charge in [0.15, 0.2) is 5.78 Å². The molecule has 3 saturated carbocycles. The minimum Gasteiger partial charge on any atom is -0.393 e. The molecule has 8 atom stereocenters. The molecular weight excluding hydrogens is 312 g/mol. The van der Waals surface area contributed by atoms with Crippen molar-refractivity contribution in [2.45, 2.75) is 59.5 Å². The Kier molecular flexibility index (Phi) is 3.71. The van der Waals surface area contributed by atoms with E-state index in [1.807, 2.05) is 6.08 Å². The number of aliphatic hydroxyl groups is 1. The van der Waals surface area contributed by atoms with E-state index in [2.05, 4.69) is 26.8 Å². The van der Waals surface area contributed by atoms with Gasteiger partial charge in [-0.15, -0.1) is 0 Å². The van der Waals surface area contributed by atoms with Gasteiger partial charge in [0.2, 0.25) is 0 Å². The van der Waals surface area contributed by atoms with Gasteiger partial charge in [0, 0.05) is 17.3 Å². The fourth-order valence-corrected chi connectivity index (χ4v) is 7.42. The van der Waals surface area contributed by atoms with Crippen LogP contribution in [-0.4, -0.2) is 22.8 Å². The largest absolute Gasteiger partial charge is 0.393 e. The summed E-state index contributed by atoms with van der Waals surface area (Å²) >= 11 is 0. The molecular formula is C22H30O3. The number of allylic oxidation sites excluding steroid dienone is 4. The highest BCUT2D eigenvalue weighted by atomic mass is 16.3. The molecule has 3 fully saturated rings. The van der Waals surface area contributed by atoms with Gasteiger partial charge in [-0.2, -0.15) is 0 Å².